The summed E-state index contributed by atoms with van der Waals surface area (Å²) in [7, 11) is -7.05. The Bertz CT molecular complexity index is 1400. The van der Waals surface area contributed by atoms with Crippen molar-refractivity contribution in [3.63, 3.8) is 0 Å². The predicted octanol–water partition coefficient (Wildman–Crippen LogP) is 2.74. The highest BCUT2D eigenvalue weighted by Crippen LogP contribution is 2.39. The number of anilines is 1. The Kier molecular flexibility index (Phi) is 8.39. The van der Waals surface area contributed by atoms with Crippen molar-refractivity contribution in [3.8, 4) is 0 Å². The van der Waals surface area contributed by atoms with Gasteiger partial charge >= 0.3 is 6.18 Å². The van der Waals surface area contributed by atoms with Crippen LogP contribution in [0.2, 0.25) is 0 Å². The van der Waals surface area contributed by atoms with Crippen molar-refractivity contribution in [1.29, 1.82) is 0 Å². The third kappa shape index (κ3) is 6.25. The maximum atomic E-state index is 13.5. The SMILES string of the molecule is CC1CS(=O)(=O)CCN1C[C@H]1CN(S(=O)(=O)c2ccccc2S)CCN1c1ccc(C(C)(O)C(F)(F)F)cc1. The van der Waals surface area contributed by atoms with Crippen molar-refractivity contribution in [3.05, 3.63) is 54.1 Å². The highest BCUT2D eigenvalue weighted by Gasteiger charge is 2.51. The molecule has 4 rings (SSSR count). The second-order valence-corrected chi connectivity index (χ2v) is 14.9. The number of halogens is 3. The molecule has 39 heavy (non-hydrogen) atoms. The summed E-state index contributed by atoms with van der Waals surface area (Å²) in [5.41, 5.74) is -2.76. The Morgan fingerprint density at radius 2 is 1.69 bits per heavy atom. The van der Waals surface area contributed by atoms with Crippen LogP contribution in [0.15, 0.2) is 58.3 Å². The van der Waals surface area contributed by atoms with Crippen molar-refractivity contribution < 1.29 is 35.1 Å². The van der Waals surface area contributed by atoms with Crippen molar-refractivity contribution in [1.82, 2.24) is 9.21 Å². The Labute approximate surface area is 232 Å². The Morgan fingerprint density at radius 3 is 2.28 bits per heavy atom. The Morgan fingerprint density at radius 1 is 1.05 bits per heavy atom. The number of alkyl halides is 3. The minimum absolute atomic E-state index is 0.000321. The lowest BCUT2D eigenvalue weighted by Crippen LogP contribution is -2.60. The van der Waals surface area contributed by atoms with E-state index in [-0.39, 0.29) is 47.6 Å². The number of rotatable bonds is 6. The minimum Gasteiger partial charge on any atom is -0.376 e. The van der Waals surface area contributed by atoms with Gasteiger partial charge in [-0.3, -0.25) is 4.90 Å². The summed E-state index contributed by atoms with van der Waals surface area (Å²) in [6.45, 7) is 3.63. The second-order valence-electron chi connectivity index (χ2n) is 10.3. The summed E-state index contributed by atoms with van der Waals surface area (Å²) in [5, 5.41) is 10.0. The average Bonchev–Trinajstić information content (AvgIpc) is 2.85. The van der Waals surface area contributed by atoms with Gasteiger partial charge < -0.3 is 10.0 Å². The maximum absolute atomic E-state index is 13.5. The van der Waals surface area contributed by atoms with E-state index in [1.807, 2.05) is 16.7 Å². The molecule has 2 heterocycles. The van der Waals surface area contributed by atoms with Crippen LogP contribution in [0.1, 0.15) is 19.4 Å². The molecule has 3 atom stereocenters. The van der Waals surface area contributed by atoms with Gasteiger partial charge in [0.05, 0.1) is 22.4 Å². The van der Waals surface area contributed by atoms with Gasteiger partial charge in [0.1, 0.15) is 0 Å². The first-order valence-corrected chi connectivity index (χ1v) is 16.1. The van der Waals surface area contributed by atoms with Crippen molar-refractivity contribution in [2.75, 3.05) is 49.1 Å². The summed E-state index contributed by atoms with van der Waals surface area (Å²) >= 11 is 4.31. The van der Waals surface area contributed by atoms with E-state index >= 15 is 0 Å². The minimum atomic E-state index is -4.86. The average molecular weight is 608 g/mol. The highest BCUT2D eigenvalue weighted by atomic mass is 32.2. The number of thiol groups is 1. The van der Waals surface area contributed by atoms with E-state index in [1.165, 1.54) is 34.6 Å². The number of piperazine rings is 1. The van der Waals surface area contributed by atoms with Gasteiger partial charge in [0.2, 0.25) is 10.0 Å². The molecule has 0 aromatic heterocycles. The van der Waals surface area contributed by atoms with E-state index in [9.17, 15) is 35.1 Å². The zero-order valence-electron chi connectivity index (χ0n) is 21.5. The standard InChI is InChI=1S/C25H32F3N3O5S3/c1-18-17-38(33,34)14-13-29(18)15-21-16-30(39(35,36)23-6-4-3-5-22(23)37)11-12-31(21)20-9-7-19(8-10-20)24(2,32)25(26,27)28/h3-10,18,21,32,37H,11-17H2,1-2H3/t18?,21-,24?/m0/s1. The molecule has 2 aromatic rings. The molecule has 2 saturated heterocycles. The van der Waals surface area contributed by atoms with Gasteiger partial charge in [-0.15, -0.1) is 12.6 Å². The van der Waals surface area contributed by atoms with E-state index in [4.69, 9.17) is 0 Å². The van der Waals surface area contributed by atoms with Crippen LogP contribution < -0.4 is 4.90 Å². The van der Waals surface area contributed by atoms with Crippen molar-refractivity contribution in [2.45, 2.75) is 47.5 Å². The molecule has 2 aliphatic heterocycles. The molecular formula is C25H32F3N3O5S3. The van der Waals surface area contributed by atoms with Crippen LogP contribution in [0.25, 0.3) is 0 Å². The summed E-state index contributed by atoms with van der Waals surface area (Å²) < 4.78 is 92.6. The van der Waals surface area contributed by atoms with Crippen molar-refractivity contribution >= 4 is 38.2 Å². The van der Waals surface area contributed by atoms with Crippen LogP contribution in [0.4, 0.5) is 18.9 Å². The van der Waals surface area contributed by atoms with Gasteiger partial charge in [0, 0.05) is 49.3 Å². The van der Waals surface area contributed by atoms with Crippen LogP contribution >= 0.6 is 12.6 Å². The molecule has 0 spiro atoms. The smallest absolute Gasteiger partial charge is 0.376 e. The van der Waals surface area contributed by atoms with Crippen LogP contribution in [-0.4, -0.2) is 93.6 Å². The second kappa shape index (κ2) is 10.9. The van der Waals surface area contributed by atoms with Gasteiger partial charge in [0.25, 0.3) is 0 Å². The van der Waals surface area contributed by atoms with Gasteiger partial charge in [-0.1, -0.05) is 24.3 Å². The topological polar surface area (TPSA) is 98.2 Å². The zero-order chi connectivity index (χ0) is 28.8. The number of nitrogens with zero attached hydrogens (tertiary/aromatic N) is 3. The summed E-state index contributed by atoms with van der Waals surface area (Å²) in [4.78, 5) is 4.33. The third-order valence-corrected chi connectivity index (χ3v) is 11.8. The highest BCUT2D eigenvalue weighted by molar-refractivity contribution is 7.91. The Hall–Kier alpha value is -1.84. The maximum Gasteiger partial charge on any atom is 0.421 e. The van der Waals surface area contributed by atoms with Gasteiger partial charge in [-0.2, -0.15) is 17.5 Å². The summed E-state index contributed by atoms with van der Waals surface area (Å²) in [6, 6.07) is 11.1. The van der Waals surface area contributed by atoms with E-state index < -0.39 is 37.7 Å². The molecule has 14 heteroatoms. The van der Waals surface area contributed by atoms with Gasteiger partial charge in [-0.25, -0.2) is 16.8 Å². The lowest BCUT2D eigenvalue weighted by molar-refractivity contribution is -0.258. The predicted molar refractivity (Wildman–Crippen MR) is 145 cm³/mol. The first kappa shape index (κ1) is 30.1. The molecule has 1 N–H and O–H groups in total. The van der Waals surface area contributed by atoms with Crippen LogP contribution in [-0.2, 0) is 25.5 Å². The largest absolute Gasteiger partial charge is 0.421 e. The summed E-state index contributed by atoms with van der Waals surface area (Å²) in [6.07, 6.45) is -4.86. The number of aliphatic hydroxyl groups is 1. The van der Waals surface area contributed by atoms with E-state index in [1.54, 1.807) is 18.2 Å². The van der Waals surface area contributed by atoms with Gasteiger partial charge in [-0.05, 0) is 43.7 Å². The van der Waals surface area contributed by atoms with Crippen molar-refractivity contribution in [2.24, 2.45) is 0 Å². The molecule has 2 aromatic carbocycles. The number of sulfone groups is 1. The zero-order valence-corrected chi connectivity index (χ0v) is 24.1. The summed E-state index contributed by atoms with van der Waals surface area (Å²) in [5.74, 6) is -0.00366. The normalized spacial score (nSPS) is 24.8. The monoisotopic (exact) mass is 607 g/mol. The van der Waals surface area contributed by atoms with Crippen LogP contribution in [0.5, 0.6) is 0 Å². The number of hydrogen-bond acceptors (Lipinski definition) is 8. The quantitative estimate of drug-likeness (QED) is 0.488. The molecule has 2 unspecified atom stereocenters. The molecule has 0 amide bonds. The fourth-order valence-corrected chi connectivity index (χ4v) is 8.75. The molecule has 2 aliphatic rings. The first-order valence-electron chi connectivity index (χ1n) is 12.4. The fraction of sp³-hybridized carbons (Fsp3) is 0.520. The third-order valence-electron chi connectivity index (χ3n) is 7.49. The lowest BCUT2D eigenvalue weighted by Gasteiger charge is -2.45. The van der Waals surface area contributed by atoms with Crippen LogP contribution in [0.3, 0.4) is 0 Å². The molecule has 8 nitrogen and oxygen atoms in total. The van der Waals surface area contributed by atoms with E-state index in [2.05, 4.69) is 12.6 Å². The Balaban J connectivity index is 1.64. The molecule has 0 saturated carbocycles. The molecule has 0 radical (unpaired) electrons. The molecule has 0 bridgehead atoms. The number of sulfonamides is 1. The van der Waals surface area contributed by atoms with E-state index in [0.29, 0.717) is 30.6 Å². The van der Waals surface area contributed by atoms with Crippen LogP contribution in [0, 0.1) is 0 Å². The lowest BCUT2D eigenvalue weighted by atomic mass is 9.95. The first-order chi connectivity index (χ1) is 18.0. The molecule has 0 aliphatic carbocycles. The number of benzene rings is 2. The number of hydrogen-bond donors (Lipinski definition) is 2. The van der Waals surface area contributed by atoms with E-state index in [0.717, 1.165) is 0 Å². The fourth-order valence-electron chi connectivity index (χ4n) is 5.07. The molecule has 216 valence electrons. The molecule has 2 fully saturated rings. The molecular weight excluding hydrogens is 575 g/mol. The van der Waals surface area contributed by atoms with Gasteiger partial charge in [0.15, 0.2) is 15.4 Å².